The molecular weight excluding hydrogens is 486 g/mol. The zero-order valence-corrected chi connectivity index (χ0v) is 20.0. The molecule has 0 aromatic heterocycles. The number of alkyl halides is 2. The lowest BCUT2D eigenvalue weighted by atomic mass is 10.2. The third-order valence-electron chi connectivity index (χ3n) is 4.82. The Labute approximate surface area is 181 Å². The fraction of sp³-hybridized carbons (Fsp3) is 0.409. The van der Waals surface area contributed by atoms with Crippen LogP contribution in [0.1, 0.15) is 27.2 Å². The van der Waals surface area contributed by atoms with Crippen LogP contribution >= 0.6 is 22.6 Å². The first kappa shape index (κ1) is 23.0. The Morgan fingerprint density at radius 1 is 1.04 bits per heavy atom. The van der Waals surface area contributed by atoms with Crippen molar-refractivity contribution in [3.63, 3.8) is 0 Å². The van der Waals surface area contributed by atoms with Crippen molar-refractivity contribution in [3.05, 3.63) is 60.7 Å². The number of benzene rings is 2. The first-order valence-corrected chi connectivity index (χ1v) is 12.5. The summed E-state index contributed by atoms with van der Waals surface area (Å²) in [6.07, 6.45) is -1.56. The number of carbonyl (C=O) groups is 1. The Morgan fingerprint density at radius 3 is 1.89 bits per heavy atom. The molecule has 0 saturated heterocycles. The molecule has 28 heavy (non-hydrogen) atoms. The molecule has 0 bridgehead atoms. The van der Waals surface area contributed by atoms with Gasteiger partial charge in [-0.2, -0.15) is 0 Å². The van der Waals surface area contributed by atoms with Crippen LogP contribution in [0.5, 0.6) is 0 Å². The summed E-state index contributed by atoms with van der Waals surface area (Å²) in [6.45, 7) is 6.97. The molecule has 0 aliphatic carbocycles. The smallest absolute Gasteiger partial charge is 0.340 e. The quantitative estimate of drug-likeness (QED) is 0.229. The van der Waals surface area contributed by atoms with Crippen LogP contribution in [0.4, 0.5) is 4.39 Å². The highest BCUT2D eigenvalue weighted by Crippen LogP contribution is 2.37. The summed E-state index contributed by atoms with van der Waals surface area (Å²) >= 11 is 2.16. The average Bonchev–Trinajstić information content (AvgIpc) is 2.68. The summed E-state index contributed by atoms with van der Waals surface area (Å²) in [6, 6.07) is 20.6. The largest absolute Gasteiger partial charge is 0.467 e. The van der Waals surface area contributed by atoms with Gasteiger partial charge in [0.05, 0.1) is 7.11 Å². The molecular formula is C22H28FIO3Si. The lowest BCUT2D eigenvalue weighted by Gasteiger charge is -2.43. The Morgan fingerprint density at radius 2 is 1.50 bits per heavy atom. The van der Waals surface area contributed by atoms with Crippen LogP contribution < -0.4 is 10.4 Å². The first-order chi connectivity index (χ1) is 13.2. The van der Waals surface area contributed by atoms with Crippen molar-refractivity contribution < 1.29 is 18.3 Å². The van der Waals surface area contributed by atoms with Gasteiger partial charge >= 0.3 is 5.97 Å². The van der Waals surface area contributed by atoms with Crippen LogP contribution in [0.2, 0.25) is 5.04 Å². The van der Waals surface area contributed by atoms with Crippen molar-refractivity contribution in [1.82, 2.24) is 0 Å². The third kappa shape index (κ3) is 5.21. The molecule has 0 spiro atoms. The number of methoxy groups -OCH3 is 1. The lowest BCUT2D eigenvalue weighted by Crippen LogP contribution is -2.67. The molecule has 2 aromatic carbocycles. The molecule has 0 unspecified atom stereocenters. The van der Waals surface area contributed by atoms with E-state index in [0.717, 1.165) is 0 Å². The third-order valence-corrected chi connectivity index (χ3v) is 10.7. The summed E-state index contributed by atoms with van der Waals surface area (Å²) in [5.41, 5.74) is 0. The molecule has 0 saturated carbocycles. The highest BCUT2D eigenvalue weighted by molar-refractivity contribution is 14.1. The number of esters is 1. The number of rotatable bonds is 8. The maximum absolute atomic E-state index is 14.0. The summed E-state index contributed by atoms with van der Waals surface area (Å²) in [4.78, 5) is 11.4. The van der Waals surface area contributed by atoms with Gasteiger partial charge in [0.1, 0.15) is 0 Å². The minimum atomic E-state index is -2.64. The molecule has 3 nitrogen and oxygen atoms in total. The van der Waals surface area contributed by atoms with E-state index in [0.29, 0.717) is 6.61 Å². The predicted octanol–water partition coefficient (Wildman–Crippen LogP) is 4.27. The molecule has 2 atom stereocenters. The number of hydrogen-bond acceptors (Lipinski definition) is 3. The number of halogens is 2. The molecule has 0 radical (unpaired) electrons. The van der Waals surface area contributed by atoms with Gasteiger partial charge in [0.15, 0.2) is 6.17 Å². The normalized spacial score (nSPS) is 14.4. The minimum Gasteiger partial charge on any atom is -0.467 e. The average molecular weight is 514 g/mol. The van der Waals surface area contributed by atoms with Gasteiger partial charge in [-0.05, 0) is 15.4 Å². The van der Waals surface area contributed by atoms with Crippen LogP contribution in [-0.4, -0.2) is 38.1 Å². The van der Waals surface area contributed by atoms with Gasteiger partial charge in [0.25, 0.3) is 8.32 Å². The van der Waals surface area contributed by atoms with Gasteiger partial charge in [0.2, 0.25) is 0 Å². The molecule has 6 heteroatoms. The van der Waals surface area contributed by atoms with Crippen LogP contribution in [0.25, 0.3) is 0 Å². The molecule has 2 aromatic rings. The van der Waals surface area contributed by atoms with E-state index in [9.17, 15) is 9.18 Å². The van der Waals surface area contributed by atoms with Crippen molar-refractivity contribution in [2.75, 3.05) is 13.7 Å². The molecule has 0 aliphatic rings. The molecule has 0 aliphatic heterocycles. The minimum absolute atomic E-state index is 0.0748. The highest BCUT2D eigenvalue weighted by atomic mass is 127. The van der Waals surface area contributed by atoms with Crippen LogP contribution in [-0.2, 0) is 14.0 Å². The van der Waals surface area contributed by atoms with E-state index in [1.165, 1.54) is 17.5 Å². The van der Waals surface area contributed by atoms with Gasteiger partial charge < -0.3 is 9.16 Å². The zero-order valence-electron chi connectivity index (χ0n) is 16.8. The molecule has 2 rings (SSSR count). The maximum atomic E-state index is 14.0. The molecule has 0 heterocycles. The summed E-state index contributed by atoms with van der Waals surface area (Å²) in [5.74, 6) is -0.827. The maximum Gasteiger partial charge on any atom is 0.340 e. The van der Waals surface area contributed by atoms with Gasteiger partial charge in [-0.3, -0.25) is 0 Å². The fourth-order valence-electron chi connectivity index (χ4n) is 3.49. The van der Waals surface area contributed by atoms with Crippen molar-refractivity contribution in [2.24, 2.45) is 0 Å². The summed E-state index contributed by atoms with van der Waals surface area (Å²) in [7, 11) is -1.44. The standard InChI is InChI=1S/C22H28FIO3Si/c1-22(2,3)28(18-11-7-5-8-12-18,19-13-9-6-10-14-19)27-16-17(24)15-20(23)21(25)26-4/h5-14,17,20H,15-16H2,1-4H3/t17-,20-/m1/s1. The second-order valence-electron chi connectivity index (χ2n) is 7.80. The van der Waals surface area contributed by atoms with E-state index in [1.54, 1.807) is 0 Å². The van der Waals surface area contributed by atoms with E-state index in [-0.39, 0.29) is 15.4 Å². The Bertz CT molecular complexity index is 710. The van der Waals surface area contributed by atoms with E-state index in [2.05, 4.69) is 72.4 Å². The van der Waals surface area contributed by atoms with Gasteiger partial charge in [0, 0.05) is 17.0 Å². The second kappa shape index (κ2) is 9.98. The molecule has 0 N–H and O–H groups in total. The first-order valence-electron chi connectivity index (χ1n) is 9.33. The van der Waals surface area contributed by atoms with Crippen molar-refractivity contribution in [2.45, 2.75) is 42.3 Å². The van der Waals surface area contributed by atoms with E-state index in [1.807, 2.05) is 36.4 Å². The fourth-order valence-corrected chi connectivity index (χ4v) is 9.07. The Balaban J connectivity index is 2.38. The van der Waals surface area contributed by atoms with E-state index >= 15 is 0 Å². The van der Waals surface area contributed by atoms with Crippen molar-refractivity contribution >= 4 is 47.3 Å². The summed E-state index contributed by atoms with van der Waals surface area (Å²) in [5, 5.41) is 2.23. The van der Waals surface area contributed by atoms with Gasteiger partial charge in [-0.15, -0.1) is 0 Å². The lowest BCUT2D eigenvalue weighted by molar-refractivity contribution is -0.146. The van der Waals surface area contributed by atoms with E-state index < -0.39 is 20.5 Å². The Hall–Kier alpha value is -1.25. The number of ether oxygens (including phenoxy) is 1. The molecule has 0 amide bonds. The Kier molecular flexibility index (Phi) is 8.21. The number of carbonyl (C=O) groups excluding carboxylic acids is 1. The summed E-state index contributed by atoms with van der Waals surface area (Å²) < 4.78 is 25.1. The van der Waals surface area contributed by atoms with Crippen LogP contribution in [0.15, 0.2) is 60.7 Å². The van der Waals surface area contributed by atoms with Gasteiger partial charge in [-0.25, -0.2) is 9.18 Å². The van der Waals surface area contributed by atoms with E-state index in [4.69, 9.17) is 4.43 Å². The van der Waals surface area contributed by atoms with Crippen molar-refractivity contribution in [3.8, 4) is 0 Å². The highest BCUT2D eigenvalue weighted by Gasteiger charge is 2.50. The second-order valence-corrected chi connectivity index (χ2v) is 13.9. The predicted molar refractivity (Wildman–Crippen MR) is 123 cm³/mol. The SMILES string of the molecule is COC(=O)[C@H](F)C[C@@H](I)CO[Si](c1ccccc1)(c1ccccc1)C(C)(C)C. The van der Waals surface area contributed by atoms with Crippen LogP contribution in [0.3, 0.4) is 0 Å². The molecule has 0 fully saturated rings. The van der Waals surface area contributed by atoms with Gasteiger partial charge in [-0.1, -0.05) is 104 Å². The number of hydrogen-bond donors (Lipinski definition) is 0. The monoisotopic (exact) mass is 514 g/mol. The van der Waals surface area contributed by atoms with Crippen molar-refractivity contribution in [1.29, 1.82) is 0 Å². The molecule has 152 valence electrons. The van der Waals surface area contributed by atoms with Crippen LogP contribution in [0, 0.1) is 0 Å². The zero-order chi connectivity index (χ0) is 20.8. The topological polar surface area (TPSA) is 35.5 Å².